The number of hydrogen-bond acceptors (Lipinski definition) is 3. The van der Waals surface area contributed by atoms with Crippen molar-refractivity contribution >= 4 is 29.4 Å². The van der Waals surface area contributed by atoms with Crippen LogP contribution >= 0.6 is 23.4 Å². The lowest BCUT2D eigenvalue weighted by Gasteiger charge is -2.26. The van der Waals surface area contributed by atoms with Gasteiger partial charge >= 0.3 is 6.03 Å². The summed E-state index contributed by atoms with van der Waals surface area (Å²) in [6, 6.07) is 5.78. The zero-order valence-corrected chi connectivity index (χ0v) is 13.3. The number of urea groups is 1. The Morgan fingerprint density at radius 1 is 1.43 bits per heavy atom. The largest absolute Gasteiger partial charge is 0.376 e. The highest BCUT2D eigenvalue weighted by Gasteiger charge is 2.23. The summed E-state index contributed by atoms with van der Waals surface area (Å²) >= 11 is 7.88. The molecule has 0 bridgehead atoms. The Labute approximate surface area is 134 Å². The van der Waals surface area contributed by atoms with Crippen LogP contribution in [-0.4, -0.2) is 31.0 Å². The third kappa shape index (κ3) is 3.84. The fourth-order valence-electron chi connectivity index (χ4n) is 2.74. The third-order valence-corrected chi connectivity index (χ3v) is 5.19. The normalized spacial score (nSPS) is 24.4. The maximum atomic E-state index is 12.0. The van der Waals surface area contributed by atoms with E-state index in [9.17, 15) is 4.79 Å². The predicted molar refractivity (Wildman–Crippen MR) is 85.0 cm³/mol. The first kappa shape index (κ1) is 15.0. The molecule has 0 saturated carbocycles. The molecule has 21 heavy (non-hydrogen) atoms. The van der Waals surface area contributed by atoms with Crippen molar-refractivity contribution < 1.29 is 9.53 Å². The first-order valence-corrected chi connectivity index (χ1v) is 8.67. The molecule has 3 rings (SSSR count). The van der Waals surface area contributed by atoms with E-state index >= 15 is 0 Å². The SMILES string of the molecule is O=C(NC[C@@H]1CCCO1)N[C@@H]1CCSc2ccc(Cl)cc21. The zero-order chi connectivity index (χ0) is 14.7. The van der Waals surface area contributed by atoms with E-state index in [0.29, 0.717) is 11.6 Å². The smallest absolute Gasteiger partial charge is 0.315 e. The summed E-state index contributed by atoms with van der Waals surface area (Å²) in [6.45, 7) is 1.38. The van der Waals surface area contributed by atoms with Gasteiger partial charge in [0.05, 0.1) is 12.1 Å². The zero-order valence-electron chi connectivity index (χ0n) is 11.7. The molecular weight excluding hydrogens is 308 g/mol. The Hall–Kier alpha value is -0.910. The molecule has 0 radical (unpaired) electrons. The second-order valence-corrected chi connectivity index (χ2v) is 6.93. The van der Waals surface area contributed by atoms with Crippen molar-refractivity contribution in [2.45, 2.75) is 36.3 Å². The lowest BCUT2D eigenvalue weighted by Crippen LogP contribution is -2.42. The van der Waals surface area contributed by atoms with Crippen molar-refractivity contribution in [3.05, 3.63) is 28.8 Å². The molecule has 1 saturated heterocycles. The van der Waals surface area contributed by atoms with E-state index < -0.39 is 0 Å². The van der Waals surface area contributed by atoms with Crippen molar-refractivity contribution in [2.75, 3.05) is 18.9 Å². The summed E-state index contributed by atoms with van der Waals surface area (Å²) in [5, 5.41) is 6.66. The van der Waals surface area contributed by atoms with Crippen LogP contribution in [0, 0.1) is 0 Å². The lowest BCUT2D eigenvalue weighted by molar-refractivity contribution is 0.111. The molecule has 6 heteroatoms. The summed E-state index contributed by atoms with van der Waals surface area (Å²) in [6.07, 6.45) is 3.20. The molecule has 1 aromatic carbocycles. The Morgan fingerprint density at radius 2 is 2.33 bits per heavy atom. The molecule has 0 spiro atoms. The number of thioether (sulfide) groups is 1. The average Bonchev–Trinajstić information content (AvgIpc) is 2.99. The monoisotopic (exact) mass is 326 g/mol. The van der Waals surface area contributed by atoms with Crippen molar-refractivity contribution in [1.82, 2.24) is 10.6 Å². The van der Waals surface area contributed by atoms with Crippen molar-refractivity contribution in [1.29, 1.82) is 0 Å². The average molecular weight is 327 g/mol. The minimum atomic E-state index is -0.131. The second kappa shape index (κ2) is 6.90. The van der Waals surface area contributed by atoms with Crippen LogP contribution in [-0.2, 0) is 4.74 Å². The molecule has 4 nitrogen and oxygen atoms in total. The number of carbonyl (C=O) groups excluding carboxylic acids is 1. The van der Waals surface area contributed by atoms with Gasteiger partial charge in [-0.2, -0.15) is 0 Å². The molecule has 0 unspecified atom stereocenters. The van der Waals surface area contributed by atoms with Crippen LogP contribution in [0.25, 0.3) is 0 Å². The minimum Gasteiger partial charge on any atom is -0.376 e. The second-order valence-electron chi connectivity index (χ2n) is 5.36. The predicted octanol–water partition coefficient (Wildman–Crippen LogP) is 3.36. The number of nitrogens with one attached hydrogen (secondary N) is 2. The number of ether oxygens (including phenoxy) is 1. The fraction of sp³-hybridized carbons (Fsp3) is 0.533. The van der Waals surface area contributed by atoms with E-state index in [-0.39, 0.29) is 18.2 Å². The number of benzene rings is 1. The minimum absolute atomic E-state index is 0.0319. The Morgan fingerprint density at radius 3 is 3.14 bits per heavy atom. The van der Waals surface area contributed by atoms with E-state index in [1.165, 1.54) is 4.90 Å². The molecule has 2 aliphatic rings. The van der Waals surface area contributed by atoms with Crippen molar-refractivity contribution in [2.24, 2.45) is 0 Å². The van der Waals surface area contributed by atoms with Gasteiger partial charge in [-0.15, -0.1) is 11.8 Å². The number of hydrogen-bond donors (Lipinski definition) is 2. The number of rotatable bonds is 3. The van der Waals surface area contributed by atoms with Crippen LogP contribution in [0.5, 0.6) is 0 Å². The molecule has 114 valence electrons. The summed E-state index contributed by atoms with van der Waals surface area (Å²) in [7, 11) is 0. The quantitative estimate of drug-likeness (QED) is 0.895. The van der Waals surface area contributed by atoms with Gasteiger partial charge in [0.15, 0.2) is 0 Å². The van der Waals surface area contributed by atoms with E-state index in [4.69, 9.17) is 16.3 Å². The number of halogens is 1. The van der Waals surface area contributed by atoms with Gasteiger partial charge in [0.1, 0.15) is 0 Å². The van der Waals surface area contributed by atoms with Crippen LogP contribution in [0.3, 0.4) is 0 Å². The number of carbonyl (C=O) groups is 1. The summed E-state index contributed by atoms with van der Waals surface area (Å²) in [5.74, 6) is 1.01. The first-order chi connectivity index (χ1) is 10.2. The van der Waals surface area contributed by atoms with Gasteiger partial charge in [-0.3, -0.25) is 0 Å². The van der Waals surface area contributed by atoms with E-state index in [1.807, 2.05) is 30.0 Å². The molecule has 0 aromatic heterocycles. The summed E-state index contributed by atoms with van der Waals surface area (Å²) in [5.41, 5.74) is 1.12. The molecule has 2 atom stereocenters. The number of fused-ring (bicyclic) bond motifs is 1. The maximum Gasteiger partial charge on any atom is 0.315 e. The summed E-state index contributed by atoms with van der Waals surface area (Å²) < 4.78 is 5.50. The van der Waals surface area contributed by atoms with Crippen LogP contribution in [0.2, 0.25) is 5.02 Å². The van der Waals surface area contributed by atoms with Gasteiger partial charge in [0.25, 0.3) is 0 Å². The standard InChI is InChI=1S/C15H19ClN2O2S/c16-10-3-4-14-12(8-10)13(5-7-21-14)18-15(19)17-9-11-2-1-6-20-11/h3-4,8,11,13H,1-2,5-7,9H2,(H2,17,18,19)/t11-,13+/m0/s1. The van der Waals surface area contributed by atoms with Gasteiger partial charge in [-0.1, -0.05) is 11.6 Å². The van der Waals surface area contributed by atoms with E-state index in [2.05, 4.69) is 10.6 Å². The molecule has 0 aliphatic carbocycles. The highest BCUT2D eigenvalue weighted by Crippen LogP contribution is 2.37. The maximum absolute atomic E-state index is 12.0. The molecule has 2 amide bonds. The molecule has 2 heterocycles. The van der Waals surface area contributed by atoms with Gasteiger partial charge in [0, 0.05) is 28.8 Å². The van der Waals surface area contributed by atoms with Crippen LogP contribution in [0.1, 0.15) is 30.9 Å². The van der Waals surface area contributed by atoms with Gasteiger partial charge in [0.2, 0.25) is 0 Å². The lowest BCUT2D eigenvalue weighted by atomic mass is 10.0. The number of amides is 2. The van der Waals surface area contributed by atoms with Gasteiger partial charge in [-0.25, -0.2) is 4.79 Å². The van der Waals surface area contributed by atoms with E-state index in [0.717, 1.165) is 37.2 Å². The Balaban J connectivity index is 1.57. The topological polar surface area (TPSA) is 50.4 Å². The molecule has 2 N–H and O–H groups in total. The first-order valence-electron chi connectivity index (χ1n) is 7.30. The Kier molecular flexibility index (Phi) is 4.93. The molecule has 1 aromatic rings. The van der Waals surface area contributed by atoms with Crippen LogP contribution in [0.4, 0.5) is 4.79 Å². The Bertz CT molecular complexity index is 520. The van der Waals surface area contributed by atoms with Crippen LogP contribution in [0.15, 0.2) is 23.1 Å². The summed E-state index contributed by atoms with van der Waals surface area (Å²) in [4.78, 5) is 13.2. The van der Waals surface area contributed by atoms with Gasteiger partial charge < -0.3 is 15.4 Å². The molecule has 2 aliphatic heterocycles. The van der Waals surface area contributed by atoms with E-state index in [1.54, 1.807) is 0 Å². The molecular formula is C15H19ClN2O2S. The van der Waals surface area contributed by atoms with Crippen LogP contribution < -0.4 is 10.6 Å². The third-order valence-electron chi connectivity index (χ3n) is 3.83. The highest BCUT2D eigenvalue weighted by molar-refractivity contribution is 7.99. The van der Waals surface area contributed by atoms with Crippen molar-refractivity contribution in [3.63, 3.8) is 0 Å². The van der Waals surface area contributed by atoms with Gasteiger partial charge in [-0.05, 0) is 43.0 Å². The fourth-order valence-corrected chi connectivity index (χ4v) is 4.02. The molecule has 1 fully saturated rings. The van der Waals surface area contributed by atoms with Crippen molar-refractivity contribution in [3.8, 4) is 0 Å². The highest BCUT2D eigenvalue weighted by atomic mass is 35.5.